The minimum absolute atomic E-state index is 0.218. The smallest absolute Gasteiger partial charge is 0.226 e. The van der Waals surface area contributed by atoms with Crippen LogP contribution in [0.5, 0.6) is 0 Å². The molecule has 0 radical (unpaired) electrons. The van der Waals surface area contributed by atoms with E-state index >= 15 is 0 Å². The molecule has 64 heavy (non-hydrogen) atoms. The SMILES string of the molecule is Cc1c(CC(=O)CC2CC(O)C2)cc(Cl)cc1CN1CCN(C(=O)C2CCCC2)[C@@H](C)C1.Cc1c(CC(=O)CC2CC(O)C2)cc(Cl)cc1CN1CCN(C(=O)C2CCCC2)[C@@H](C)C1. The summed E-state index contributed by atoms with van der Waals surface area (Å²) in [6.07, 6.45) is 13.4. The van der Waals surface area contributed by atoms with E-state index in [1.54, 1.807) is 0 Å². The third-order valence-electron chi connectivity index (χ3n) is 15.6. The van der Waals surface area contributed by atoms with Gasteiger partial charge in [0.15, 0.2) is 0 Å². The molecule has 0 bridgehead atoms. The second kappa shape index (κ2) is 22.3. The highest BCUT2D eigenvalue weighted by atomic mass is 35.5. The number of halogens is 2. The normalized spacial score (nSPS) is 26.9. The number of nitrogens with zero attached hydrogens (tertiary/aromatic N) is 4. The molecule has 10 nitrogen and oxygen atoms in total. The zero-order valence-electron chi connectivity index (χ0n) is 39.0. The van der Waals surface area contributed by atoms with Crippen LogP contribution in [0.15, 0.2) is 24.3 Å². The van der Waals surface area contributed by atoms with E-state index < -0.39 is 0 Å². The van der Waals surface area contributed by atoms with Crippen molar-refractivity contribution >= 4 is 46.6 Å². The van der Waals surface area contributed by atoms with Gasteiger partial charge in [-0.25, -0.2) is 0 Å². The summed E-state index contributed by atoms with van der Waals surface area (Å²) in [5.41, 5.74) is 6.66. The first-order valence-electron chi connectivity index (χ1n) is 24.6. The highest BCUT2D eigenvalue weighted by Crippen LogP contribution is 2.34. The maximum Gasteiger partial charge on any atom is 0.226 e. The summed E-state index contributed by atoms with van der Waals surface area (Å²) >= 11 is 12.9. The number of aliphatic hydroxyl groups is 2. The second-order valence-electron chi connectivity index (χ2n) is 20.7. The molecule has 0 spiro atoms. The third kappa shape index (κ3) is 12.8. The van der Waals surface area contributed by atoms with Crippen molar-refractivity contribution in [1.29, 1.82) is 0 Å². The predicted octanol–water partition coefficient (Wildman–Crippen LogP) is 8.29. The van der Waals surface area contributed by atoms with E-state index in [1.807, 2.05) is 24.3 Å². The fourth-order valence-electron chi connectivity index (χ4n) is 11.5. The van der Waals surface area contributed by atoms with E-state index in [0.717, 1.165) is 126 Å². The van der Waals surface area contributed by atoms with Gasteiger partial charge in [0.05, 0.1) is 12.2 Å². The number of aliphatic hydroxyl groups excluding tert-OH is 2. The van der Waals surface area contributed by atoms with Crippen LogP contribution in [0, 0.1) is 37.5 Å². The van der Waals surface area contributed by atoms with Crippen molar-refractivity contribution in [2.45, 2.75) is 168 Å². The van der Waals surface area contributed by atoms with E-state index in [2.05, 4.69) is 47.3 Å². The molecule has 2 aromatic rings. The van der Waals surface area contributed by atoms with Gasteiger partial charge in [0.25, 0.3) is 0 Å². The summed E-state index contributed by atoms with van der Waals surface area (Å²) in [7, 11) is 0. The van der Waals surface area contributed by atoms with E-state index in [9.17, 15) is 29.4 Å². The van der Waals surface area contributed by atoms with Crippen LogP contribution >= 0.6 is 23.2 Å². The number of benzene rings is 2. The molecule has 2 N–H and O–H groups in total. The number of Topliss-reactive ketones (excluding diaryl/α,β-unsaturated/α-hetero) is 2. The molecule has 4 saturated carbocycles. The molecule has 8 rings (SSSR count). The lowest BCUT2D eigenvalue weighted by Gasteiger charge is -2.41. The second-order valence-corrected chi connectivity index (χ2v) is 21.6. The Balaban J connectivity index is 0.000000191. The van der Waals surface area contributed by atoms with Crippen LogP contribution in [0.1, 0.15) is 137 Å². The van der Waals surface area contributed by atoms with Gasteiger partial charge in [0.1, 0.15) is 11.6 Å². The maximum atomic E-state index is 12.9. The monoisotopic (exact) mass is 920 g/mol. The van der Waals surface area contributed by atoms with Crippen molar-refractivity contribution in [2.24, 2.45) is 23.7 Å². The average Bonchev–Trinajstić information content (AvgIpc) is 3.97. The largest absolute Gasteiger partial charge is 0.393 e. The molecule has 2 atom stereocenters. The molecule has 6 aliphatic rings. The van der Waals surface area contributed by atoms with E-state index in [4.69, 9.17) is 23.2 Å². The number of hydrogen-bond acceptors (Lipinski definition) is 8. The molecule has 12 heteroatoms. The van der Waals surface area contributed by atoms with Gasteiger partial charge in [-0.3, -0.25) is 29.0 Å². The topological polar surface area (TPSA) is 122 Å². The number of carbonyl (C=O) groups excluding carboxylic acids is 4. The molecule has 4 aliphatic carbocycles. The van der Waals surface area contributed by atoms with Gasteiger partial charge in [-0.05, 0) is 149 Å². The summed E-state index contributed by atoms with van der Waals surface area (Å²) in [5, 5.41) is 20.3. The molecule has 2 aliphatic heterocycles. The van der Waals surface area contributed by atoms with Crippen LogP contribution in [0.25, 0.3) is 0 Å². The van der Waals surface area contributed by atoms with Crippen molar-refractivity contribution in [2.75, 3.05) is 39.3 Å². The Bertz CT molecular complexity index is 1830. The van der Waals surface area contributed by atoms with Crippen molar-refractivity contribution < 1.29 is 29.4 Å². The lowest BCUT2D eigenvalue weighted by Crippen LogP contribution is -2.54. The fraction of sp³-hybridized carbons (Fsp3) is 0.692. The van der Waals surface area contributed by atoms with Crippen LogP contribution in [0.3, 0.4) is 0 Å². The first kappa shape index (κ1) is 49.1. The molecule has 0 aromatic heterocycles. The summed E-state index contributed by atoms with van der Waals surface area (Å²) in [4.78, 5) is 59.9. The Kier molecular flexibility index (Phi) is 17.1. The van der Waals surface area contributed by atoms with E-state index in [0.29, 0.717) is 59.4 Å². The van der Waals surface area contributed by atoms with Crippen LogP contribution in [0.4, 0.5) is 0 Å². The van der Waals surface area contributed by atoms with Crippen LogP contribution in [-0.4, -0.2) is 117 Å². The van der Waals surface area contributed by atoms with E-state index in [-0.39, 0.29) is 47.7 Å². The molecular formula is C52H74Cl2N4O6. The van der Waals surface area contributed by atoms with Gasteiger partial charge in [0.2, 0.25) is 11.8 Å². The first-order valence-corrected chi connectivity index (χ1v) is 25.4. The molecular weight excluding hydrogens is 847 g/mol. The Morgan fingerprint density at radius 2 is 0.906 bits per heavy atom. The lowest BCUT2D eigenvalue weighted by molar-refractivity contribution is -0.140. The summed E-state index contributed by atoms with van der Waals surface area (Å²) in [6, 6.07) is 8.33. The summed E-state index contributed by atoms with van der Waals surface area (Å²) in [5.74, 6) is 2.31. The van der Waals surface area contributed by atoms with Gasteiger partial charge in [-0.15, -0.1) is 0 Å². The van der Waals surface area contributed by atoms with Gasteiger partial charge in [0, 0.05) is 112 Å². The van der Waals surface area contributed by atoms with Gasteiger partial charge in [-0.2, -0.15) is 0 Å². The van der Waals surface area contributed by atoms with Crippen molar-refractivity contribution in [3.8, 4) is 0 Å². The highest BCUT2D eigenvalue weighted by molar-refractivity contribution is 6.31. The molecule has 0 unspecified atom stereocenters. The third-order valence-corrected chi connectivity index (χ3v) is 16.0. The Morgan fingerprint density at radius 1 is 0.562 bits per heavy atom. The molecule has 2 aromatic carbocycles. The molecule has 2 saturated heterocycles. The maximum absolute atomic E-state index is 12.9. The quantitative estimate of drug-likeness (QED) is 0.194. The minimum Gasteiger partial charge on any atom is -0.393 e. The Morgan fingerprint density at radius 3 is 1.23 bits per heavy atom. The number of ketones is 2. The Hall–Kier alpha value is -2.86. The van der Waals surface area contributed by atoms with Crippen LogP contribution < -0.4 is 0 Å². The first-order chi connectivity index (χ1) is 30.6. The summed E-state index contributed by atoms with van der Waals surface area (Å²) < 4.78 is 0. The number of piperazine rings is 2. The minimum atomic E-state index is -0.219. The number of carbonyl (C=O) groups is 4. The number of hydrogen-bond donors (Lipinski definition) is 2. The fourth-order valence-corrected chi connectivity index (χ4v) is 12.1. The molecule has 352 valence electrons. The molecule has 6 fully saturated rings. The molecule has 2 heterocycles. The highest BCUT2D eigenvalue weighted by Gasteiger charge is 2.36. The zero-order chi connectivity index (χ0) is 45.7. The average molecular weight is 922 g/mol. The van der Waals surface area contributed by atoms with Crippen molar-refractivity contribution in [1.82, 2.24) is 19.6 Å². The van der Waals surface area contributed by atoms with Crippen molar-refractivity contribution in [3.05, 3.63) is 67.7 Å². The van der Waals surface area contributed by atoms with E-state index in [1.165, 1.54) is 36.8 Å². The number of amides is 2. The predicted molar refractivity (Wildman–Crippen MR) is 253 cm³/mol. The zero-order valence-corrected chi connectivity index (χ0v) is 40.5. The van der Waals surface area contributed by atoms with Crippen LogP contribution in [0.2, 0.25) is 10.0 Å². The van der Waals surface area contributed by atoms with Crippen molar-refractivity contribution in [3.63, 3.8) is 0 Å². The Labute approximate surface area is 392 Å². The summed E-state index contributed by atoms with van der Waals surface area (Å²) in [6.45, 7) is 15.1. The van der Waals surface area contributed by atoms with Crippen LogP contribution in [-0.2, 0) is 45.1 Å². The van der Waals surface area contributed by atoms with Gasteiger partial charge >= 0.3 is 0 Å². The number of rotatable bonds is 14. The standard InChI is InChI=1S/2C26H37ClN2O3/c2*1-17-15-28(7-8-29(17)26(32)20-5-3-4-6-20)16-22-13-23(27)12-21(18(22)2)14-25(31)11-19-9-24(30)10-19/h2*12-13,17,19-20,24,30H,3-11,14-16H2,1-2H3/t2*17-,19?,24?/m00/s1. The van der Waals surface area contributed by atoms with Gasteiger partial charge < -0.3 is 20.0 Å². The molecule has 2 amide bonds. The lowest BCUT2D eigenvalue weighted by atomic mass is 9.78. The van der Waals surface area contributed by atoms with Gasteiger partial charge in [-0.1, -0.05) is 48.9 Å².